The summed E-state index contributed by atoms with van der Waals surface area (Å²) in [5.41, 5.74) is 5.42. The summed E-state index contributed by atoms with van der Waals surface area (Å²) in [7, 11) is 0. The Kier molecular flexibility index (Phi) is 4.50. The molecule has 26 heavy (non-hydrogen) atoms. The van der Waals surface area contributed by atoms with E-state index in [1.807, 2.05) is 42.8 Å². The van der Waals surface area contributed by atoms with Crippen molar-refractivity contribution >= 4 is 11.3 Å². The first kappa shape index (κ1) is 16.5. The van der Waals surface area contributed by atoms with Crippen molar-refractivity contribution in [1.29, 1.82) is 0 Å². The fourth-order valence-electron chi connectivity index (χ4n) is 2.86. The van der Waals surface area contributed by atoms with E-state index < -0.39 is 0 Å². The molecular weight excluding hydrogens is 340 g/mol. The molecule has 3 nitrogen and oxygen atoms in total. The van der Waals surface area contributed by atoms with Crippen LogP contribution in [0.3, 0.4) is 0 Å². The third-order valence-corrected chi connectivity index (χ3v) is 5.13. The van der Waals surface area contributed by atoms with Gasteiger partial charge in [-0.05, 0) is 29.7 Å². The van der Waals surface area contributed by atoms with Gasteiger partial charge in [-0.1, -0.05) is 54.6 Å². The summed E-state index contributed by atoms with van der Waals surface area (Å²) < 4.78 is 1.69. The summed E-state index contributed by atoms with van der Waals surface area (Å²) in [6.45, 7) is 2.43. The molecule has 128 valence electrons. The van der Waals surface area contributed by atoms with Gasteiger partial charge in [0.15, 0.2) is 0 Å². The third kappa shape index (κ3) is 3.51. The highest BCUT2D eigenvalue weighted by atomic mass is 32.1. The van der Waals surface area contributed by atoms with Gasteiger partial charge in [0.25, 0.3) is 5.56 Å². The van der Waals surface area contributed by atoms with Crippen molar-refractivity contribution in [3.8, 4) is 22.4 Å². The molecule has 0 atom stereocenters. The zero-order valence-electron chi connectivity index (χ0n) is 14.4. The molecule has 0 aliphatic heterocycles. The van der Waals surface area contributed by atoms with E-state index in [0.29, 0.717) is 6.54 Å². The Morgan fingerprint density at radius 3 is 2.35 bits per heavy atom. The minimum absolute atomic E-state index is 0.00830. The van der Waals surface area contributed by atoms with E-state index in [-0.39, 0.29) is 5.56 Å². The first-order valence-electron chi connectivity index (χ1n) is 8.46. The van der Waals surface area contributed by atoms with E-state index in [1.54, 1.807) is 22.0 Å². The van der Waals surface area contributed by atoms with Gasteiger partial charge in [0.05, 0.1) is 12.2 Å². The van der Waals surface area contributed by atoms with Crippen LogP contribution in [-0.2, 0) is 6.54 Å². The summed E-state index contributed by atoms with van der Waals surface area (Å²) >= 11 is 1.58. The van der Waals surface area contributed by atoms with Gasteiger partial charge < -0.3 is 4.57 Å². The molecule has 0 N–H and O–H groups in total. The fraction of sp³-hybridized carbons (Fsp3) is 0.0909. The van der Waals surface area contributed by atoms with Crippen LogP contribution in [0, 0.1) is 6.92 Å². The standard InChI is InChI=1S/C22H18N2OS/c1-16-11-12-24(22(25)13-16)14-21-23-20(15-26-21)19-9-7-18(8-10-19)17-5-3-2-4-6-17/h2-13,15H,14H2,1H3. The number of aryl methyl sites for hydroxylation is 1. The maximum absolute atomic E-state index is 12.0. The lowest BCUT2D eigenvalue weighted by Crippen LogP contribution is -2.19. The molecule has 0 aliphatic carbocycles. The van der Waals surface area contributed by atoms with Crippen molar-refractivity contribution in [3.05, 3.63) is 99.2 Å². The van der Waals surface area contributed by atoms with Gasteiger partial charge in [0.2, 0.25) is 0 Å². The minimum atomic E-state index is 0.00830. The zero-order valence-corrected chi connectivity index (χ0v) is 15.2. The quantitative estimate of drug-likeness (QED) is 0.515. The molecule has 0 fully saturated rings. The largest absolute Gasteiger partial charge is 0.309 e. The Hall–Kier alpha value is -2.98. The molecule has 2 heterocycles. The van der Waals surface area contributed by atoms with Gasteiger partial charge in [-0.3, -0.25) is 4.79 Å². The van der Waals surface area contributed by atoms with Gasteiger partial charge in [-0.2, -0.15) is 0 Å². The van der Waals surface area contributed by atoms with E-state index in [0.717, 1.165) is 21.8 Å². The molecule has 0 amide bonds. The number of pyridine rings is 1. The maximum atomic E-state index is 12.0. The number of hydrogen-bond donors (Lipinski definition) is 0. The summed E-state index contributed by atoms with van der Waals surface area (Å²) in [5, 5.41) is 2.98. The number of aromatic nitrogens is 2. The van der Waals surface area contributed by atoms with Crippen molar-refractivity contribution in [2.24, 2.45) is 0 Å². The molecule has 4 rings (SSSR count). The lowest BCUT2D eigenvalue weighted by Gasteiger charge is -2.04. The highest BCUT2D eigenvalue weighted by molar-refractivity contribution is 7.09. The molecule has 0 radical (unpaired) electrons. The average Bonchev–Trinajstić information content (AvgIpc) is 3.14. The second kappa shape index (κ2) is 7.10. The molecule has 0 spiro atoms. The lowest BCUT2D eigenvalue weighted by molar-refractivity contribution is 0.752. The van der Waals surface area contributed by atoms with E-state index in [4.69, 9.17) is 4.98 Å². The van der Waals surface area contributed by atoms with Gasteiger partial charge >= 0.3 is 0 Å². The SMILES string of the molecule is Cc1ccn(Cc2nc(-c3ccc(-c4ccccc4)cc3)cs2)c(=O)c1. The number of hydrogen-bond acceptors (Lipinski definition) is 3. The Balaban J connectivity index is 1.55. The fourth-order valence-corrected chi connectivity index (χ4v) is 3.66. The molecule has 2 aromatic heterocycles. The molecule has 0 saturated heterocycles. The van der Waals surface area contributed by atoms with Crippen LogP contribution in [0.5, 0.6) is 0 Å². The smallest absolute Gasteiger partial charge is 0.251 e. The van der Waals surface area contributed by atoms with Crippen molar-refractivity contribution in [2.75, 3.05) is 0 Å². The summed E-state index contributed by atoms with van der Waals surface area (Å²) in [6, 6.07) is 22.3. The van der Waals surface area contributed by atoms with Crippen LogP contribution < -0.4 is 5.56 Å². The average molecular weight is 358 g/mol. The predicted octanol–water partition coefficient (Wildman–Crippen LogP) is 5.00. The van der Waals surface area contributed by atoms with E-state index in [9.17, 15) is 4.79 Å². The van der Waals surface area contributed by atoms with Crippen molar-refractivity contribution in [2.45, 2.75) is 13.5 Å². The van der Waals surface area contributed by atoms with Crippen LogP contribution in [0.1, 0.15) is 10.6 Å². The van der Waals surface area contributed by atoms with Crippen LogP contribution in [-0.4, -0.2) is 9.55 Å². The van der Waals surface area contributed by atoms with Crippen LogP contribution in [0.15, 0.2) is 83.1 Å². The van der Waals surface area contributed by atoms with Crippen molar-refractivity contribution in [3.63, 3.8) is 0 Å². The molecule has 4 aromatic rings. The Morgan fingerprint density at radius 1 is 0.923 bits per heavy atom. The molecule has 0 aliphatic rings. The second-order valence-corrected chi connectivity index (χ2v) is 7.18. The summed E-state index contributed by atoms with van der Waals surface area (Å²) in [4.78, 5) is 16.7. The van der Waals surface area contributed by atoms with Gasteiger partial charge in [0.1, 0.15) is 5.01 Å². The first-order valence-corrected chi connectivity index (χ1v) is 9.34. The van der Waals surface area contributed by atoms with Crippen LogP contribution in [0.2, 0.25) is 0 Å². The molecule has 2 aromatic carbocycles. The lowest BCUT2D eigenvalue weighted by atomic mass is 10.0. The van der Waals surface area contributed by atoms with E-state index >= 15 is 0 Å². The van der Waals surface area contributed by atoms with Gasteiger partial charge in [-0.25, -0.2) is 4.98 Å². The van der Waals surface area contributed by atoms with Gasteiger partial charge in [-0.15, -0.1) is 11.3 Å². The van der Waals surface area contributed by atoms with Crippen LogP contribution in [0.25, 0.3) is 22.4 Å². The number of rotatable bonds is 4. The normalized spacial score (nSPS) is 10.8. The topological polar surface area (TPSA) is 34.9 Å². The van der Waals surface area contributed by atoms with E-state index in [2.05, 4.69) is 36.4 Å². The monoisotopic (exact) mass is 358 g/mol. The second-order valence-electron chi connectivity index (χ2n) is 6.24. The molecule has 0 bridgehead atoms. The van der Waals surface area contributed by atoms with E-state index in [1.165, 1.54) is 11.1 Å². The highest BCUT2D eigenvalue weighted by Gasteiger charge is 2.07. The summed E-state index contributed by atoms with van der Waals surface area (Å²) in [5.74, 6) is 0. The van der Waals surface area contributed by atoms with Crippen molar-refractivity contribution in [1.82, 2.24) is 9.55 Å². The first-order chi connectivity index (χ1) is 12.7. The number of benzene rings is 2. The summed E-state index contributed by atoms with van der Waals surface area (Å²) in [6.07, 6.45) is 1.83. The molecule has 0 unspecified atom stereocenters. The Labute approximate surface area is 156 Å². The minimum Gasteiger partial charge on any atom is -0.309 e. The van der Waals surface area contributed by atoms with Crippen LogP contribution in [0.4, 0.5) is 0 Å². The Morgan fingerprint density at radius 2 is 1.62 bits per heavy atom. The van der Waals surface area contributed by atoms with Crippen molar-refractivity contribution < 1.29 is 0 Å². The third-order valence-electron chi connectivity index (χ3n) is 4.30. The molecule has 0 saturated carbocycles. The number of thiazole rings is 1. The highest BCUT2D eigenvalue weighted by Crippen LogP contribution is 2.26. The van der Waals surface area contributed by atoms with Gasteiger partial charge in [0, 0.05) is 23.2 Å². The zero-order chi connectivity index (χ0) is 17.9. The maximum Gasteiger partial charge on any atom is 0.251 e. The predicted molar refractivity (Wildman–Crippen MR) is 108 cm³/mol. The molecular formula is C22H18N2OS. The number of nitrogens with zero attached hydrogens (tertiary/aromatic N) is 2. The van der Waals surface area contributed by atoms with Crippen LogP contribution >= 0.6 is 11.3 Å². The Bertz CT molecular complexity index is 1080. The molecule has 4 heteroatoms.